The number of rotatable bonds is 8. The summed E-state index contributed by atoms with van der Waals surface area (Å²) >= 11 is 0. The number of carbonyl (C=O) groups excluding carboxylic acids is 3. The minimum atomic E-state index is -0.835. The number of amides is 1. The fourth-order valence-corrected chi connectivity index (χ4v) is 3.19. The number of methoxy groups -OCH3 is 1. The molecule has 0 unspecified atom stereocenters. The Kier molecular flexibility index (Phi) is 7.37. The van der Waals surface area contributed by atoms with Crippen LogP contribution in [0.25, 0.3) is 0 Å². The number of benzene rings is 3. The van der Waals surface area contributed by atoms with Crippen LogP contribution in [0.2, 0.25) is 0 Å². The van der Waals surface area contributed by atoms with Crippen molar-refractivity contribution in [3.8, 4) is 5.75 Å². The first-order valence-electron chi connectivity index (χ1n) is 10.2. The van der Waals surface area contributed by atoms with Crippen molar-refractivity contribution in [2.45, 2.75) is 13.8 Å². The van der Waals surface area contributed by atoms with Gasteiger partial charge in [-0.05, 0) is 43.2 Å². The Morgan fingerprint density at radius 3 is 2.29 bits per heavy atom. The second kappa shape index (κ2) is 10.4. The molecule has 0 aliphatic rings. The van der Waals surface area contributed by atoms with E-state index < -0.39 is 23.4 Å². The number of hydrogen-bond acceptors (Lipinski definition) is 7. The van der Waals surface area contributed by atoms with Crippen LogP contribution in [0.15, 0.2) is 60.7 Å². The quantitative estimate of drug-likeness (QED) is 0.230. The average molecular weight is 462 g/mol. The van der Waals surface area contributed by atoms with Crippen LogP contribution in [-0.2, 0) is 9.53 Å². The lowest BCUT2D eigenvalue weighted by atomic mass is 9.96. The second-order valence-electron chi connectivity index (χ2n) is 7.44. The summed E-state index contributed by atoms with van der Waals surface area (Å²) in [7, 11) is 1.30. The van der Waals surface area contributed by atoms with E-state index in [1.165, 1.54) is 31.4 Å². The molecule has 1 N–H and O–H groups in total. The highest BCUT2D eigenvalue weighted by Crippen LogP contribution is 2.29. The first kappa shape index (κ1) is 24.1. The minimum absolute atomic E-state index is 0.0337. The molecule has 0 aromatic heterocycles. The van der Waals surface area contributed by atoms with Gasteiger partial charge in [0.2, 0.25) is 0 Å². The Morgan fingerprint density at radius 1 is 0.941 bits per heavy atom. The summed E-state index contributed by atoms with van der Waals surface area (Å²) < 4.78 is 10.2. The van der Waals surface area contributed by atoms with Gasteiger partial charge in [0.15, 0.2) is 12.4 Å². The van der Waals surface area contributed by atoms with Gasteiger partial charge in [-0.15, -0.1) is 0 Å². The van der Waals surface area contributed by atoms with Crippen molar-refractivity contribution in [1.82, 2.24) is 0 Å². The lowest BCUT2D eigenvalue weighted by Crippen LogP contribution is -2.22. The van der Waals surface area contributed by atoms with Gasteiger partial charge in [-0.1, -0.05) is 30.3 Å². The topological polar surface area (TPSA) is 125 Å². The zero-order valence-electron chi connectivity index (χ0n) is 18.8. The van der Waals surface area contributed by atoms with Crippen LogP contribution < -0.4 is 10.1 Å². The molecule has 174 valence electrons. The lowest BCUT2D eigenvalue weighted by Gasteiger charge is -2.12. The maximum atomic E-state index is 13.0. The van der Waals surface area contributed by atoms with Gasteiger partial charge >= 0.3 is 5.97 Å². The van der Waals surface area contributed by atoms with Gasteiger partial charge < -0.3 is 14.8 Å². The van der Waals surface area contributed by atoms with Crippen LogP contribution in [0, 0.1) is 24.0 Å². The number of nitro groups is 1. The Hall–Kier alpha value is -4.53. The number of nitrogens with zero attached hydrogens (tertiary/aromatic N) is 1. The minimum Gasteiger partial charge on any atom is -0.494 e. The van der Waals surface area contributed by atoms with E-state index in [9.17, 15) is 24.5 Å². The Balaban J connectivity index is 1.71. The first-order chi connectivity index (χ1) is 16.2. The van der Waals surface area contributed by atoms with E-state index in [1.54, 1.807) is 24.3 Å². The number of ether oxygens (including phenoxy) is 2. The van der Waals surface area contributed by atoms with Crippen molar-refractivity contribution < 1.29 is 28.8 Å². The number of non-ortho nitro benzene ring substituents is 1. The molecule has 0 radical (unpaired) electrons. The standard InChI is InChI=1S/C25H22N2O7/c1-15-8-9-17(12-16(15)2)24(29)19-6-4-5-7-20(19)25(30)34-14-23(28)26-21-11-10-18(27(31)32)13-22(21)33-3/h4-13H,14H2,1-3H3,(H,26,28). The van der Waals surface area contributed by atoms with E-state index >= 15 is 0 Å². The maximum absolute atomic E-state index is 13.0. The fourth-order valence-electron chi connectivity index (χ4n) is 3.19. The van der Waals surface area contributed by atoms with Crippen LogP contribution in [0.3, 0.4) is 0 Å². The number of nitrogens with one attached hydrogen (secondary N) is 1. The highest BCUT2D eigenvalue weighted by Gasteiger charge is 2.21. The predicted octanol–water partition coefficient (Wildman–Crippen LogP) is 4.25. The second-order valence-corrected chi connectivity index (χ2v) is 7.44. The first-order valence-corrected chi connectivity index (χ1v) is 10.2. The Bertz CT molecular complexity index is 1280. The molecule has 0 fully saturated rings. The molecule has 3 aromatic rings. The van der Waals surface area contributed by atoms with Gasteiger partial charge in [0.05, 0.1) is 29.4 Å². The van der Waals surface area contributed by atoms with Gasteiger partial charge in [0, 0.05) is 17.2 Å². The van der Waals surface area contributed by atoms with Crippen LogP contribution in [-0.4, -0.2) is 36.3 Å². The molecule has 1 amide bonds. The van der Waals surface area contributed by atoms with Crippen molar-refractivity contribution in [3.63, 3.8) is 0 Å². The molecule has 0 spiro atoms. The monoisotopic (exact) mass is 462 g/mol. The predicted molar refractivity (Wildman–Crippen MR) is 124 cm³/mol. The molecule has 0 heterocycles. The molecule has 0 bridgehead atoms. The van der Waals surface area contributed by atoms with Gasteiger partial charge in [0.1, 0.15) is 5.75 Å². The van der Waals surface area contributed by atoms with Crippen LogP contribution in [0.4, 0.5) is 11.4 Å². The molecule has 3 aromatic carbocycles. The molecule has 0 aliphatic heterocycles. The van der Waals surface area contributed by atoms with Crippen LogP contribution in [0.5, 0.6) is 5.75 Å². The highest BCUT2D eigenvalue weighted by molar-refractivity contribution is 6.14. The summed E-state index contributed by atoms with van der Waals surface area (Å²) in [5, 5.41) is 13.4. The van der Waals surface area contributed by atoms with Gasteiger partial charge in [-0.2, -0.15) is 0 Å². The number of ketones is 1. The van der Waals surface area contributed by atoms with E-state index in [-0.39, 0.29) is 34.0 Å². The van der Waals surface area contributed by atoms with E-state index in [2.05, 4.69) is 5.32 Å². The largest absolute Gasteiger partial charge is 0.494 e. The maximum Gasteiger partial charge on any atom is 0.339 e. The summed E-state index contributed by atoms with van der Waals surface area (Å²) in [6, 6.07) is 15.2. The molecule has 0 saturated heterocycles. The number of hydrogen-bond donors (Lipinski definition) is 1. The van der Waals surface area contributed by atoms with Crippen molar-refractivity contribution in [2.75, 3.05) is 19.0 Å². The summed E-state index contributed by atoms with van der Waals surface area (Å²) in [5.74, 6) is -1.77. The SMILES string of the molecule is COc1cc([N+](=O)[O-])ccc1NC(=O)COC(=O)c1ccccc1C(=O)c1ccc(C)c(C)c1. The molecule has 0 aliphatic carbocycles. The van der Waals surface area contributed by atoms with Gasteiger partial charge in [0.25, 0.3) is 11.6 Å². The Labute approximate surface area is 195 Å². The third-order valence-electron chi connectivity index (χ3n) is 5.17. The van der Waals surface area contributed by atoms with Crippen molar-refractivity contribution in [3.05, 3.63) is 98.6 Å². The fraction of sp³-hybridized carbons (Fsp3) is 0.160. The lowest BCUT2D eigenvalue weighted by molar-refractivity contribution is -0.384. The van der Waals surface area contributed by atoms with E-state index in [0.29, 0.717) is 5.56 Å². The van der Waals surface area contributed by atoms with E-state index in [0.717, 1.165) is 17.2 Å². The van der Waals surface area contributed by atoms with E-state index in [4.69, 9.17) is 9.47 Å². The molecular weight excluding hydrogens is 440 g/mol. The summed E-state index contributed by atoms with van der Waals surface area (Å²) in [6.07, 6.45) is 0. The van der Waals surface area contributed by atoms with Crippen LogP contribution >= 0.6 is 0 Å². The number of carbonyl (C=O) groups is 3. The molecular formula is C25H22N2O7. The summed E-state index contributed by atoms with van der Waals surface area (Å²) in [5.41, 5.74) is 2.60. The van der Waals surface area contributed by atoms with Gasteiger partial charge in [-0.25, -0.2) is 4.79 Å². The summed E-state index contributed by atoms with van der Waals surface area (Å²) in [4.78, 5) is 48.3. The molecule has 3 rings (SSSR count). The average Bonchev–Trinajstić information content (AvgIpc) is 2.83. The summed E-state index contributed by atoms with van der Waals surface area (Å²) in [6.45, 7) is 3.20. The third kappa shape index (κ3) is 5.44. The zero-order chi connectivity index (χ0) is 24.8. The number of aryl methyl sites for hydroxylation is 2. The van der Waals surface area contributed by atoms with Crippen molar-refractivity contribution >= 4 is 29.0 Å². The Morgan fingerprint density at radius 2 is 1.65 bits per heavy atom. The molecule has 9 heteroatoms. The van der Waals surface area contributed by atoms with Gasteiger partial charge in [-0.3, -0.25) is 19.7 Å². The number of nitro benzene ring substituents is 1. The van der Waals surface area contributed by atoms with Crippen molar-refractivity contribution in [1.29, 1.82) is 0 Å². The van der Waals surface area contributed by atoms with Crippen LogP contribution in [0.1, 0.15) is 37.4 Å². The third-order valence-corrected chi connectivity index (χ3v) is 5.17. The highest BCUT2D eigenvalue weighted by atomic mass is 16.6. The molecule has 34 heavy (non-hydrogen) atoms. The normalized spacial score (nSPS) is 10.3. The number of esters is 1. The molecule has 0 saturated carbocycles. The van der Waals surface area contributed by atoms with Crippen molar-refractivity contribution in [2.24, 2.45) is 0 Å². The molecule has 0 atom stereocenters. The smallest absolute Gasteiger partial charge is 0.339 e. The van der Waals surface area contributed by atoms with E-state index in [1.807, 2.05) is 19.9 Å². The number of anilines is 1. The zero-order valence-corrected chi connectivity index (χ0v) is 18.8. The molecule has 9 nitrogen and oxygen atoms in total.